The summed E-state index contributed by atoms with van der Waals surface area (Å²) in [6.07, 6.45) is 24.0. The molecule has 7 heteroatoms. The second-order valence-electron chi connectivity index (χ2n) is 12.1. The van der Waals surface area contributed by atoms with Crippen molar-refractivity contribution in [3.05, 3.63) is 16.8 Å². The minimum absolute atomic E-state index is 0.298. The second-order valence-corrected chi connectivity index (χ2v) is 12.1. The molecule has 1 saturated carbocycles. The molecule has 1 aliphatic carbocycles. The van der Waals surface area contributed by atoms with Crippen molar-refractivity contribution in [3.63, 3.8) is 0 Å². The third-order valence-corrected chi connectivity index (χ3v) is 8.69. The highest BCUT2D eigenvalue weighted by atomic mass is 16.6. The number of hydrogen-bond acceptors (Lipinski definition) is 5. The van der Waals surface area contributed by atoms with E-state index < -0.39 is 12.1 Å². The molecular formula is C34H60N3O4+. The highest BCUT2D eigenvalue weighted by Gasteiger charge is 2.32. The molecule has 0 unspecified atom stereocenters. The van der Waals surface area contributed by atoms with Crippen LogP contribution in [0.15, 0.2) is 0 Å². The first kappa shape index (κ1) is 34.9. The number of nitrogen functional groups attached to an aromatic ring is 1. The second kappa shape index (κ2) is 20.5. The Morgan fingerprint density at radius 2 is 1.34 bits per heavy atom. The molecule has 1 amide bonds. The van der Waals surface area contributed by atoms with Crippen molar-refractivity contribution in [2.45, 2.75) is 156 Å². The Morgan fingerprint density at radius 3 is 1.80 bits per heavy atom. The fourth-order valence-corrected chi connectivity index (χ4v) is 5.68. The number of nitrogens with two attached hydrogens (primary N) is 1. The zero-order valence-corrected chi connectivity index (χ0v) is 26.8. The fourth-order valence-electron chi connectivity index (χ4n) is 5.68. The summed E-state index contributed by atoms with van der Waals surface area (Å²) in [6, 6.07) is 0. The first-order valence-electron chi connectivity index (χ1n) is 16.9. The van der Waals surface area contributed by atoms with Crippen LogP contribution < -0.4 is 20.4 Å². The van der Waals surface area contributed by atoms with Gasteiger partial charge in [0.1, 0.15) is 17.8 Å². The minimum Gasteiger partial charge on any atom is -0.462 e. The number of nitrogens with one attached hydrogen (secondary N) is 1. The Bertz CT molecular complexity index is 914. The van der Waals surface area contributed by atoms with Gasteiger partial charge in [-0.1, -0.05) is 110 Å². The maximum atomic E-state index is 12.9. The smallest absolute Gasteiger partial charge is 0.416 e. The molecule has 0 aromatic carbocycles. The molecule has 0 radical (unpaired) electrons. The lowest BCUT2D eigenvalue weighted by molar-refractivity contribution is -0.702. The number of ether oxygens (including phenoxy) is 2. The SMILES string of the molecule is CCCCCCCCCCCCCCCCCCNC(=O)Oc1c(C)c(C(=O)OCC2CCC2)c(N)c(C)[n+]1CC. The molecule has 3 N–H and O–H groups in total. The average molecular weight is 575 g/mol. The largest absolute Gasteiger partial charge is 0.462 e. The summed E-state index contributed by atoms with van der Waals surface area (Å²) in [5.74, 6) is 0.341. The third kappa shape index (κ3) is 12.6. The van der Waals surface area contributed by atoms with Gasteiger partial charge in [-0.15, -0.1) is 0 Å². The summed E-state index contributed by atoms with van der Waals surface area (Å²) in [5, 5.41) is 2.88. The Morgan fingerprint density at radius 1 is 0.829 bits per heavy atom. The number of pyridine rings is 1. The van der Waals surface area contributed by atoms with Crippen LogP contribution in [0.25, 0.3) is 0 Å². The number of carbonyl (C=O) groups is 2. The molecule has 234 valence electrons. The van der Waals surface area contributed by atoms with E-state index in [0.717, 1.165) is 25.7 Å². The zero-order valence-electron chi connectivity index (χ0n) is 26.8. The van der Waals surface area contributed by atoms with Crippen LogP contribution in [0.1, 0.15) is 157 Å². The Labute approximate surface area is 250 Å². The lowest BCUT2D eigenvalue weighted by Gasteiger charge is -2.24. The van der Waals surface area contributed by atoms with Gasteiger partial charge in [0.2, 0.25) is 5.69 Å². The van der Waals surface area contributed by atoms with E-state index in [1.807, 2.05) is 18.4 Å². The van der Waals surface area contributed by atoms with Crippen molar-refractivity contribution in [1.29, 1.82) is 0 Å². The standard InChI is InChI=1S/C34H59N3O4/c1-5-7-8-9-10-11-12-13-14-15-16-17-18-19-20-21-25-36-34(39)41-32-27(3)30(31(35)28(4)37(32)6-2)33(38)40-26-29-23-22-24-29/h29H,5-26H2,1-4H3,(H2-,35,36,38,39)/p+1. The van der Waals surface area contributed by atoms with Crippen LogP contribution in [-0.4, -0.2) is 25.2 Å². The summed E-state index contributed by atoms with van der Waals surface area (Å²) in [6.45, 7) is 9.39. The van der Waals surface area contributed by atoms with Gasteiger partial charge in [0.25, 0.3) is 0 Å². The number of hydrogen-bond donors (Lipinski definition) is 2. The fraction of sp³-hybridized carbons (Fsp3) is 0.794. The molecule has 0 atom stereocenters. The molecule has 1 aromatic heterocycles. The van der Waals surface area contributed by atoms with Crippen LogP contribution in [0.4, 0.5) is 10.5 Å². The number of esters is 1. The highest BCUT2D eigenvalue weighted by molar-refractivity contribution is 5.97. The molecule has 2 rings (SSSR count). The maximum absolute atomic E-state index is 12.9. The summed E-state index contributed by atoms with van der Waals surface area (Å²) in [7, 11) is 0. The van der Waals surface area contributed by atoms with E-state index in [1.165, 1.54) is 96.3 Å². The molecule has 0 aliphatic heterocycles. The molecule has 1 aromatic rings. The van der Waals surface area contributed by atoms with Crippen LogP contribution in [0.3, 0.4) is 0 Å². The number of unbranched alkanes of at least 4 members (excludes halogenated alkanes) is 15. The number of rotatable bonds is 22. The predicted molar refractivity (Wildman–Crippen MR) is 167 cm³/mol. The number of aromatic nitrogens is 1. The lowest BCUT2D eigenvalue weighted by atomic mass is 9.86. The molecule has 0 bridgehead atoms. The Hall–Kier alpha value is -2.31. The molecule has 41 heavy (non-hydrogen) atoms. The first-order chi connectivity index (χ1) is 19.9. The summed E-state index contributed by atoms with van der Waals surface area (Å²) < 4.78 is 13.1. The minimum atomic E-state index is -0.505. The molecule has 0 saturated heterocycles. The molecule has 0 spiro atoms. The van der Waals surface area contributed by atoms with Gasteiger partial charge in [-0.05, 0) is 39.0 Å². The van der Waals surface area contributed by atoms with Crippen molar-refractivity contribution in [2.75, 3.05) is 18.9 Å². The third-order valence-electron chi connectivity index (χ3n) is 8.69. The van der Waals surface area contributed by atoms with Crippen molar-refractivity contribution in [2.24, 2.45) is 5.92 Å². The van der Waals surface area contributed by atoms with Gasteiger partial charge in [-0.2, -0.15) is 4.57 Å². The molecular weight excluding hydrogens is 514 g/mol. The maximum Gasteiger partial charge on any atom is 0.416 e. The van der Waals surface area contributed by atoms with Crippen LogP contribution in [0.2, 0.25) is 0 Å². The van der Waals surface area contributed by atoms with E-state index in [9.17, 15) is 9.59 Å². The number of carbonyl (C=O) groups excluding carboxylic acids is 2. The monoisotopic (exact) mass is 574 g/mol. The van der Waals surface area contributed by atoms with Gasteiger partial charge in [0.15, 0.2) is 0 Å². The van der Waals surface area contributed by atoms with E-state index in [-0.39, 0.29) is 0 Å². The predicted octanol–water partition coefficient (Wildman–Crippen LogP) is 8.50. The average Bonchev–Trinajstić information content (AvgIpc) is 2.93. The van der Waals surface area contributed by atoms with Crippen LogP contribution in [0.5, 0.6) is 5.88 Å². The van der Waals surface area contributed by atoms with Crippen LogP contribution >= 0.6 is 0 Å². The topological polar surface area (TPSA) is 94.5 Å². The summed E-state index contributed by atoms with van der Waals surface area (Å²) >= 11 is 0. The van der Waals surface area contributed by atoms with E-state index in [2.05, 4.69) is 12.2 Å². The van der Waals surface area contributed by atoms with Crippen molar-refractivity contribution < 1.29 is 23.6 Å². The zero-order chi connectivity index (χ0) is 29.9. The Balaban J connectivity index is 1.62. The van der Waals surface area contributed by atoms with Crippen molar-refractivity contribution in [3.8, 4) is 5.88 Å². The van der Waals surface area contributed by atoms with Gasteiger partial charge in [0.05, 0.1) is 12.2 Å². The molecule has 1 heterocycles. The van der Waals surface area contributed by atoms with Crippen LogP contribution in [-0.2, 0) is 11.3 Å². The van der Waals surface area contributed by atoms with E-state index in [4.69, 9.17) is 15.2 Å². The van der Waals surface area contributed by atoms with E-state index in [0.29, 0.717) is 54.0 Å². The molecule has 7 nitrogen and oxygen atoms in total. The highest BCUT2D eigenvalue weighted by Crippen LogP contribution is 2.29. The number of amides is 1. The van der Waals surface area contributed by atoms with Gasteiger partial charge in [0, 0.05) is 13.5 Å². The first-order valence-corrected chi connectivity index (χ1v) is 16.9. The van der Waals surface area contributed by atoms with Gasteiger partial charge >= 0.3 is 17.9 Å². The van der Waals surface area contributed by atoms with E-state index >= 15 is 0 Å². The van der Waals surface area contributed by atoms with Gasteiger partial charge in [-0.3, -0.25) is 0 Å². The Kier molecular flexibility index (Phi) is 17.5. The van der Waals surface area contributed by atoms with E-state index in [1.54, 1.807) is 6.92 Å². The van der Waals surface area contributed by atoms with Crippen LogP contribution in [0, 0.1) is 19.8 Å². The number of anilines is 1. The lowest BCUT2D eigenvalue weighted by Crippen LogP contribution is -2.43. The van der Waals surface area contributed by atoms with Gasteiger partial charge < -0.3 is 20.5 Å². The number of nitrogens with zero attached hydrogens (tertiary/aromatic N) is 1. The van der Waals surface area contributed by atoms with Crippen molar-refractivity contribution >= 4 is 17.7 Å². The summed E-state index contributed by atoms with van der Waals surface area (Å²) in [5.41, 5.74) is 8.24. The van der Waals surface area contributed by atoms with Gasteiger partial charge in [-0.25, -0.2) is 9.59 Å². The molecule has 1 fully saturated rings. The van der Waals surface area contributed by atoms with Crippen molar-refractivity contribution in [1.82, 2.24) is 5.32 Å². The summed E-state index contributed by atoms with van der Waals surface area (Å²) in [4.78, 5) is 25.5. The normalized spacial score (nSPS) is 13.2. The quantitative estimate of drug-likeness (QED) is 0.0822. The molecule has 1 aliphatic rings.